The quantitative estimate of drug-likeness (QED) is 0.548. The normalized spacial score (nSPS) is 8.40. The number of nitrogens with one attached hydrogen (secondary N) is 1. The second-order valence-electron chi connectivity index (χ2n) is 1.47. The molecule has 4 N–H and O–H groups in total. The van der Waals surface area contributed by atoms with Crippen LogP contribution in [0, 0.1) is 0 Å². The molecule has 0 aromatic carbocycles. The van der Waals surface area contributed by atoms with Crippen molar-refractivity contribution in [1.29, 1.82) is 0 Å². The number of halogens is 1. The fraction of sp³-hybridized carbons (Fsp3) is 0. The van der Waals surface area contributed by atoms with Crippen molar-refractivity contribution in [2.45, 2.75) is 0 Å². The van der Waals surface area contributed by atoms with Crippen LogP contribution in [-0.4, -0.2) is 21.0 Å². The minimum atomic E-state index is -1.09. The highest BCUT2D eigenvalue weighted by molar-refractivity contribution is 5.90. The number of aromatic nitrogens is 2. The molecule has 1 aromatic rings. The number of carboxylic acid groups (broad SMARTS) is 1. The number of nitrogen functional groups attached to an aromatic ring is 1. The van der Waals surface area contributed by atoms with E-state index in [-0.39, 0.29) is 23.9 Å². The van der Waals surface area contributed by atoms with Crippen LogP contribution in [0.5, 0.6) is 0 Å². The number of H-pyrrole nitrogens is 1. The smallest absolute Gasteiger partial charge is 0.356 e. The number of hydrogen-bond donors (Lipinski definition) is 3. The second kappa shape index (κ2) is 3.07. The van der Waals surface area contributed by atoms with Crippen molar-refractivity contribution in [3.8, 4) is 0 Å². The number of carboxylic acids is 1. The topological polar surface area (TPSA) is 92.0 Å². The molecule has 6 heteroatoms. The molecular weight excluding hydrogens is 158 g/mol. The summed E-state index contributed by atoms with van der Waals surface area (Å²) in [6.07, 6.45) is 1.23. The van der Waals surface area contributed by atoms with Crippen molar-refractivity contribution >= 4 is 24.2 Å². The van der Waals surface area contributed by atoms with Gasteiger partial charge in [0.05, 0.1) is 6.33 Å². The van der Waals surface area contributed by atoms with E-state index in [4.69, 9.17) is 10.8 Å². The number of nitrogens with two attached hydrogens (primary N) is 1. The lowest BCUT2D eigenvalue weighted by molar-refractivity contribution is 0.0692. The van der Waals surface area contributed by atoms with Gasteiger partial charge in [-0.25, -0.2) is 9.78 Å². The summed E-state index contributed by atoms with van der Waals surface area (Å²) in [4.78, 5) is 16.0. The van der Waals surface area contributed by atoms with E-state index in [1.54, 1.807) is 0 Å². The van der Waals surface area contributed by atoms with E-state index in [0.717, 1.165) is 0 Å². The molecule has 56 valence electrons. The van der Waals surface area contributed by atoms with E-state index < -0.39 is 5.97 Å². The summed E-state index contributed by atoms with van der Waals surface area (Å²) < 4.78 is 0. The number of nitrogens with zero attached hydrogens (tertiary/aromatic N) is 1. The summed E-state index contributed by atoms with van der Waals surface area (Å²) in [7, 11) is 0. The predicted octanol–water partition coefficient (Wildman–Crippen LogP) is 0.112. The van der Waals surface area contributed by atoms with Gasteiger partial charge in [0, 0.05) is 0 Å². The van der Waals surface area contributed by atoms with Crippen LogP contribution in [0.25, 0.3) is 0 Å². The Bertz CT molecular complexity index is 234. The van der Waals surface area contributed by atoms with Gasteiger partial charge in [0.25, 0.3) is 0 Å². The molecule has 0 bridgehead atoms. The predicted molar refractivity (Wildman–Crippen MR) is 37.2 cm³/mol. The maximum Gasteiger partial charge on any atom is 0.356 e. The van der Waals surface area contributed by atoms with E-state index in [1.807, 2.05) is 0 Å². The molecule has 0 aliphatic carbocycles. The lowest BCUT2D eigenvalue weighted by Crippen LogP contribution is -2.00. The van der Waals surface area contributed by atoms with Crippen LogP contribution < -0.4 is 5.73 Å². The van der Waals surface area contributed by atoms with Gasteiger partial charge in [-0.05, 0) is 0 Å². The Hall–Kier alpha value is -1.23. The third kappa shape index (κ3) is 1.38. The lowest BCUT2D eigenvalue weighted by atomic mass is 10.4. The molecule has 0 radical (unpaired) electrons. The van der Waals surface area contributed by atoms with Gasteiger partial charge >= 0.3 is 5.97 Å². The number of anilines is 1. The fourth-order valence-electron chi connectivity index (χ4n) is 0.476. The minimum absolute atomic E-state index is 0. The number of rotatable bonds is 1. The molecule has 0 atom stereocenters. The van der Waals surface area contributed by atoms with Crippen molar-refractivity contribution in [2.24, 2.45) is 0 Å². The molecule has 1 aromatic heterocycles. The lowest BCUT2D eigenvalue weighted by Gasteiger charge is -1.85. The summed E-state index contributed by atoms with van der Waals surface area (Å²) in [5, 5.41) is 8.30. The monoisotopic (exact) mass is 163 g/mol. The van der Waals surface area contributed by atoms with Crippen molar-refractivity contribution in [3.05, 3.63) is 12.0 Å². The Morgan fingerprint density at radius 1 is 1.80 bits per heavy atom. The SMILES string of the molecule is Cl.Nc1nc[nH]c1C(=O)O. The molecule has 0 spiro atoms. The summed E-state index contributed by atoms with van der Waals surface area (Å²) >= 11 is 0. The van der Waals surface area contributed by atoms with Gasteiger partial charge in [-0.3, -0.25) is 0 Å². The summed E-state index contributed by atoms with van der Waals surface area (Å²) in [5.74, 6) is -1.08. The number of aromatic amines is 1. The zero-order chi connectivity index (χ0) is 6.85. The molecule has 5 nitrogen and oxygen atoms in total. The number of carbonyl (C=O) groups is 1. The average molecular weight is 164 g/mol. The highest BCUT2D eigenvalue weighted by Gasteiger charge is 2.07. The van der Waals surface area contributed by atoms with Gasteiger partial charge in [-0.2, -0.15) is 0 Å². The van der Waals surface area contributed by atoms with E-state index in [9.17, 15) is 4.79 Å². The van der Waals surface area contributed by atoms with Crippen LogP contribution in [0.15, 0.2) is 6.33 Å². The first-order valence-corrected chi connectivity index (χ1v) is 2.24. The Morgan fingerprint density at radius 3 is 2.60 bits per heavy atom. The average Bonchev–Trinajstić information content (AvgIpc) is 2.13. The van der Waals surface area contributed by atoms with E-state index in [1.165, 1.54) is 6.33 Å². The van der Waals surface area contributed by atoms with E-state index in [2.05, 4.69) is 9.97 Å². The first-order chi connectivity index (χ1) is 4.22. The number of hydrogen-bond acceptors (Lipinski definition) is 3. The molecule has 0 aliphatic heterocycles. The molecule has 1 heterocycles. The molecule has 0 unspecified atom stereocenters. The fourth-order valence-corrected chi connectivity index (χ4v) is 0.476. The zero-order valence-electron chi connectivity index (χ0n) is 4.87. The van der Waals surface area contributed by atoms with Crippen LogP contribution in [0.3, 0.4) is 0 Å². The number of aromatic carboxylic acids is 1. The molecule has 0 amide bonds. The van der Waals surface area contributed by atoms with Gasteiger partial charge < -0.3 is 15.8 Å². The first kappa shape index (κ1) is 8.77. The number of imidazole rings is 1. The molecule has 0 fully saturated rings. The third-order valence-corrected chi connectivity index (χ3v) is 0.883. The van der Waals surface area contributed by atoms with Crippen molar-refractivity contribution in [2.75, 3.05) is 5.73 Å². The summed E-state index contributed by atoms with van der Waals surface area (Å²) in [6, 6.07) is 0. The van der Waals surface area contributed by atoms with Crippen LogP contribution in [-0.2, 0) is 0 Å². The molecule has 10 heavy (non-hydrogen) atoms. The maximum absolute atomic E-state index is 10.1. The van der Waals surface area contributed by atoms with Crippen LogP contribution in [0.1, 0.15) is 10.5 Å². The maximum atomic E-state index is 10.1. The first-order valence-electron chi connectivity index (χ1n) is 2.24. The van der Waals surface area contributed by atoms with Crippen LogP contribution in [0.2, 0.25) is 0 Å². The van der Waals surface area contributed by atoms with Gasteiger partial charge in [0.1, 0.15) is 0 Å². The molecule has 0 aliphatic rings. The summed E-state index contributed by atoms with van der Waals surface area (Å²) in [6.45, 7) is 0. The molecule has 0 saturated heterocycles. The standard InChI is InChI=1S/C4H5N3O2.ClH/c5-3-2(4(8)9)6-1-7-3;/h1H,5H2,(H,6,7)(H,8,9);1H. The zero-order valence-corrected chi connectivity index (χ0v) is 5.68. The Labute approximate surface area is 62.7 Å². The molecule has 1 rings (SSSR count). The molecular formula is C4H6ClN3O2. The van der Waals surface area contributed by atoms with Crippen molar-refractivity contribution < 1.29 is 9.90 Å². The van der Waals surface area contributed by atoms with E-state index >= 15 is 0 Å². The molecule has 0 saturated carbocycles. The minimum Gasteiger partial charge on any atom is -0.476 e. The van der Waals surface area contributed by atoms with Crippen LogP contribution in [0.4, 0.5) is 5.82 Å². The van der Waals surface area contributed by atoms with Gasteiger partial charge in [0.2, 0.25) is 0 Å². The van der Waals surface area contributed by atoms with Gasteiger partial charge in [-0.1, -0.05) is 0 Å². The summed E-state index contributed by atoms with van der Waals surface area (Å²) in [5.41, 5.74) is 5.06. The third-order valence-electron chi connectivity index (χ3n) is 0.883. The highest BCUT2D eigenvalue weighted by Crippen LogP contribution is 2.01. The van der Waals surface area contributed by atoms with Crippen molar-refractivity contribution in [1.82, 2.24) is 9.97 Å². The van der Waals surface area contributed by atoms with Gasteiger partial charge in [-0.15, -0.1) is 12.4 Å². The van der Waals surface area contributed by atoms with Crippen LogP contribution >= 0.6 is 12.4 Å². The van der Waals surface area contributed by atoms with E-state index in [0.29, 0.717) is 0 Å². The van der Waals surface area contributed by atoms with Crippen molar-refractivity contribution in [3.63, 3.8) is 0 Å². The second-order valence-corrected chi connectivity index (χ2v) is 1.47. The Kier molecular flexibility index (Phi) is 2.69. The Morgan fingerprint density at radius 2 is 2.40 bits per heavy atom. The Balaban J connectivity index is 0.000000810. The largest absolute Gasteiger partial charge is 0.476 e. The highest BCUT2D eigenvalue weighted by atomic mass is 35.5. The van der Waals surface area contributed by atoms with Gasteiger partial charge in [0.15, 0.2) is 11.5 Å².